The van der Waals surface area contributed by atoms with Crippen molar-refractivity contribution in [3.63, 3.8) is 0 Å². The van der Waals surface area contributed by atoms with Crippen molar-refractivity contribution in [1.82, 2.24) is 0 Å². The summed E-state index contributed by atoms with van der Waals surface area (Å²) in [7, 11) is 0. The Morgan fingerprint density at radius 1 is 1.60 bits per heavy atom. The van der Waals surface area contributed by atoms with Crippen LogP contribution in [0.3, 0.4) is 0 Å². The van der Waals surface area contributed by atoms with E-state index in [0.717, 1.165) is 25.0 Å². The minimum Gasteiger partial charge on any atom is -0.446 e. The molecule has 15 heavy (non-hydrogen) atoms. The summed E-state index contributed by atoms with van der Waals surface area (Å²) in [5.74, 6) is 1.29. The van der Waals surface area contributed by atoms with E-state index in [4.69, 9.17) is 10.2 Å². The van der Waals surface area contributed by atoms with Crippen LogP contribution in [0, 0.1) is 12.3 Å². The van der Waals surface area contributed by atoms with Crippen LogP contribution in [0.5, 0.6) is 0 Å². The molecule has 0 spiro atoms. The van der Waals surface area contributed by atoms with Crippen molar-refractivity contribution in [1.29, 1.82) is 0 Å². The van der Waals surface area contributed by atoms with Gasteiger partial charge in [-0.25, -0.2) is 0 Å². The first-order valence-electron chi connectivity index (χ1n) is 5.24. The molecule has 0 atom stereocenters. The zero-order valence-electron chi connectivity index (χ0n) is 8.88. The Labute approximate surface area is 88.8 Å². The minimum absolute atomic E-state index is 0.00870. The fourth-order valence-corrected chi connectivity index (χ4v) is 1.87. The van der Waals surface area contributed by atoms with Crippen LogP contribution in [0.2, 0.25) is 0 Å². The molecule has 4 heteroatoms. The molecule has 2 rings (SSSR count). The minimum atomic E-state index is -0.347. The van der Waals surface area contributed by atoms with Crippen LogP contribution in [0.1, 0.15) is 25.0 Å². The van der Waals surface area contributed by atoms with E-state index in [-0.39, 0.29) is 11.3 Å². The average Bonchev–Trinajstić information content (AvgIpc) is 2.50. The van der Waals surface area contributed by atoms with Crippen molar-refractivity contribution in [3.05, 3.63) is 17.9 Å². The molecule has 0 aromatic carbocycles. The molecule has 1 aliphatic rings. The quantitative estimate of drug-likeness (QED) is 0.793. The van der Waals surface area contributed by atoms with E-state index in [1.54, 1.807) is 6.07 Å². The third kappa shape index (κ3) is 1.77. The predicted molar refractivity (Wildman–Crippen MR) is 57.4 cm³/mol. The number of nitrogens with one attached hydrogen (secondary N) is 1. The van der Waals surface area contributed by atoms with Gasteiger partial charge in [0.25, 0.3) is 0 Å². The van der Waals surface area contributed by atoms with Crippen molar-refractivity contribution in [2.24, 2.45) is 11.1 Å². The molecule has 82 valence electrons. The van der Waals surface area contributed by atoms with Crippen molar-refractivity contribution in [2.45, 2.75) is 26.2 Å². The van der Waals surface area contributed by atoms with Gasteiger partial charge in [-0.1, -0.05) is 6.42 Å². The molecule has 0 unspecified atom stereocenters. The van der Waals surface area contributed by atoms with E-state index >= 15 is 0 Å². The summed E-state index contributed by atoms with van der Waals surface area (Å²) in [5.41, 5.74) is 5.29. The summed E-state index contributed by atoms with van der Waals surface area (Å²) >= 11 is 0. The molecule has 0 bridgehead atoms. The monoisotopic (exact) mass is 208 g/mol. The maximum atomic E-state index is 11.9. The predicted octanol–water partition coefficient (Wildman–Crippen LogP) is 1.66. The molecule has 1 aromatic heterocycles. The number of hydrogen-bond donors (Lipinski definition) is 2. The van der Waals surface area contributed by atoms with Gasteiger partial charge in [-0.15, -0.1) is 0 Å². The second-order valence-electron chi connectivity index (χ2n) is 4.20. The summed E-state index contributed by atoms with van der Waals surface area (Å²) in [6.45, 7) is 2.26. The summed E-state index contributed by atoms with van der Waals surface area (Å²) in [5, 5.41) is 2.77. The topological polar surface area (TPSA) is 68.3 Å². The lowest BCUT2D eigenvalue weighted by atomic mass is 9.68. The number of nitrogens with two attached hydrogens (primary N) is 1. The zero-order valence-corrected chi connectivity index (χ0v) is 8.88. The van der Waals surface area contributed by atoms with Gasteiger partial charge in [0.2, 0.25) is 5.91 Å². The lowest BCUT2D eigenvalue weighted by molar-refractivity contribution is -0.129. The van der Waals surface area contributed by atoms with Crippen LogP contribution < -0.4 is 11.1 Å². The molecule has 3 N–H and O–H groups in total. The number of furan rings is 1. The summed E-state index contributed by atoms with van der Waals surface area (Å²) in [4.78, 5) is 11.9. The lowest BCUT2D eigenvalue weighted by Gasteiger charge is -2.38. The summed E-state index contributed by atoms with van der Waals surface area (Å²) in [6, 6.07) is 3.58. The van der Waals surface area contributed by atoms with E-state index in [1.165, 1.54) is 0 Å². The average molecular weight is 208 g/mol. The smallest absolute Gasteiger partial charge is 0.234 e. The maximum Gasteiger partial charge on any atom is 0.234 e. The van der Waals surface area contributed by atoms with Crippen LogP contribution in [-0.2, 0) is 4.79 Å². The van der Waals surface area contributed by atoms with Gasteiger partial charge in [-0.05, 0) is 25.8 Å². The number of rotatable bonds is 3. The Morgan fingerprint density at radius 2 is 2.33 bits per heavy atom. The van der Waals surface area contributed by atoms with Crippen molar-refractivity contribution < 1.29 is 9.21 Å². The number of aryl methyl sites for hydroxylation is 1. The molecule has 1 heterocycles. The highest BCUT2D eigenvalue weighted by atomic mass is 16.4. The molecule has 0 aliphatic heterocycles. The number of amides is 1. The fraction of sp³-hybridized carbons (Fsp3) is 0.545. The van der Waals surface area contributed by atoms with Crippen LogP contribution in [-0.4, -0.2) is 12.5 Å². The first kappa shape index (κ1) is 10.2. The Morgan fingerprint density at radius 3 is 2.73 bits per heavy atom. The Balaban J connectivity index is 2.03. The number of hydrogen-bond acceptors (Lipinski definition) is 3. The second-order valence-corrected chi connectivity index (χ2v) is 4.20. The third-order valence-corrected chi connectivity index (χ3v) is 3.16. The molecule has 1 aliphatic carbocycles. The summed E-state index contributed by atoms with van der Waals surface area (Å²) in [6.07, 6.45) is 2.85. The van der Waals surface area contributed by atoms with Crippen LogP contribution in [0.25, 0.3) is 0 Å². The van der Waals surface area contributed by atoms with E-state index in [2.05, 4.69) is 5.32 Å². The Bertz CT molecular complexity index is 361. The van der Waals surface area contributed by atoms with Crippen molar-refractivity contribution in [3.8, 4) is 0 Å². The van der Waals surface area contributed by atoms with Gasteiger partial charge in [0.05, 0.1) is 5.41 Å². The van der Waals surface area contributed by atoms with Crippen molar-refractivity contribution in [2.75, 3.05) is 11.9 Å². The van der Waals surface area contributed by atoms with Crippen molar-refractivity contribution >= 4 is 11.8 Å². The first-order valence-corrected chi connectivity index (χ1v) is 5.24. The highest BCUT2D eigenvalue weighted by Crippen LogP contribution is 2.40. The fourth-order valence-electron chi connectivity index (χ4n) is 1.87. The van der Waals surface area contributed by atoms with Crippen LogP contribution in [0.4, 0.5) is 5.88 Å². The molecular weight excluding hydrogens is 192 g/mol. The Hall–Kier alpha value is -1.29. The number of carbonyl (C=O) groups excluding carboxylic acids is 1. The van der Waals surface area contributed by atoms with Gasteiger partial charge in [0, 0.05) is 12.6 Å². The van der Waals surface area contributed by atoms with Gasteiger partial charge in [0.15, 0.2) is 5.88 Å². The molecular formula is C11H16N2O2. The van der Waals surface area contributed by atoms with Gasteiger partial charge >= 0.3 is 0 Å². The van der Waals surface area contributed by atoms with Crippen LogP contribution in [0.15, 0.2) is 16.5 Å². The highest BCUT2D eigenvalue weighted by Gasteiger charge is 2.43. The molecule has 0 saturated heterocycles. The lowest BCUT2D eigenvalue weighted by Crippen LogP contribution is -2.47. The van der Waals surface area contributed by atoms with Gasteiger partial charge < -0.3 is 10.2 Å². The van der Waals surface area contributed by atoms with E-state index in [0.29, 0.717) is 12.4 Å². The molecule has 4 nitrogen and oxygen atoms in total. The van der Waals surface area contributed by atoms with Gasteiger partial charge in [-0.2, -0.15) is 0 Å². The maximum absolute atomic E-state index is 11.9. The number of carbonyl (C=O) groups is 1. The summed E-state index contributed by atoms with van der Waals surface area (Å²) < 4.78 is 5.29. The Kier molecular flexibility index (Phi) is 2.52. The standard InChI is InChI=1S/C11H16N2O2/c1-8-3-4-9(15-8)13-10(14)11(7-12)5-2-6-11/h3-4H,2,5-7,12H2,1H3,(H,13,14). The third-order valence-electron chi connectivity index (χ3n) is 3.16. The zero-order chi connectivity index (χ0) is 10.9. The van der Waals surface area contributed by atoms with Crippen LogP contribution >= 0.6 is 0 Å². The molecule has 0 radical (unpaired) electrons. The van der Waals surface area contributed by atoms with Gasteiger partial charge in [-0.3, -0.25) is 10.1 Å². The van der Waals surface area contributed by atoms with E-state index in [9.17, 15) is 4.79 Å². The second kappa shape index (κ2) is 3.70. The van der Waals surface area contributed by atoms with E-state index in [1.807, 2.05) is 13.0 Å². The number of anilines is 1. The van der Waals surface area contributed by atoms with E-state index < -0.39 is 0 Å². The van der Waals surface area contributed by atoms with Gasteiger partial charge in [0.1, 0.15) is 5.76 Å². The largest absolute Gasteiger partial charge is 0.446 e. The molecule has 1 amide bonds. The SMILES string of the molecule is Cc1ccc(NC(=O)C2(CN)CCC2)o1. The first-order chi connectivity index (χ1) is 7.16. The molecule has 1 fully saturated rings. The molecule has 1 aromatic rings. The highest BCUT2D eigenvalue weighted by molar-refractivity contribution is 5.95. The molecule has 1 saturated carbocycles. The normalized spacial score (nSPS) is 18.3.